The minimum Gasteiger partial charge on any atom is -0.383 e. The lowest BCUT2D eigenvalue weighted by atomic mass is 10.1. The first-order valence-corrected chi connectivity index (χ1v) is 12.4. The van der Waals surface area contributed by atoms with Gasteiger partial charge < -0.3 is 11.1 Å². The number of aromatic nitrogens is 7. The van der Waals surface area contributed by atoms with Gasteiger partial charge in [0.1, 0.15) is 22.7 Å². The van der Waals surface area contributed by atoms with E-state index in [4.69, 9.17) is 5.73 Å². The Hall–Kier alpha value is -5.76. The molecule has 0 unspecified atom stereocenters. The molecule has 0 aliphatic heterocycles. The Morgan fingerprint density at radius 2 is 1.85 bits per heavy atom. The Kier molecular flexibility index (Phi) is 6.05. The summed E-state index contributed by atoms with van der Waals surface area (Å²) in [5.74, 6) is 5.66. The van der Waals surface area contributed by atoms with Gasteiger partial charge in [0.2, 0.25) is 0 Å². The molecular formula is C29H23N9O2. The fourth-order valence-electron chi connectivity index (χ4n) is 4.56. The molecule has 5 aromatic heterocycles. The first-order valence-electron chi connectivity index (χ1n) is 12.4. The summed E-state index contributed by atoms with van der Waals surface area (Å²) in [5, 5.41) is 7.78. The molecule has 0 bridgehead atoms. The van der Waals surface area contributed by atoms with E-state index in [9.17, 15) is 9.59 Å². The summed E-state index contributed by atoms with van der Waals surface area (Å²) in [6.45, 7) is 1.79. The lowest BCUT2D eigenvalue weighted by Gasteiger charge is -2.21. The molecule has 1 aromatic carbocycles. The third kappa shape index (κ3) is 4.33. The molecular weight excluding hydrogens is 506 g/mol. The van der Waals surface area contributed by atoms with Crippen LogP contribution in [0.15, 0.2) is 84.3 Å². The van der Waals surface area contributed by atoms with Crippen molar-refractivity contribution in [1.29, 1.82) is 0 Å². The molecule has 1 atom stereocenters. The van der Waals surface area contributed by atoms with Crippen LogP contribution in [0.3, 0.4) is 0 Å². The number of nitrogens with one attached hydrogen (secondary N) is 1. The number of amides is 1. The van der Waals surface area contributed by atoms with Crippen molar-refractivity contribution in [2.45, 2.75) is 13.0 Å². The number of anilines is 1. The lowest BCUT2D eigenvalue weighted by Crippen LogP contribution is -2.35. The molecule has 5 heterocycles. The molecule has 0 spiro atoms. The average molecular weight is 530 g/mol. The molecule has 0 aliphatic rings. The van der Waals surface area contributed by atoms with E-state index in [2.05, 4.69) is 37.2 Å². The third-order valence-electron chi connectivity index (χ3n) is 6.45. The largest absolute Gasteiger partial charge is 0.383 e. The summed E-state index contributed by atoms with van der Waals surface area (Å²) in [6, 6.07) is 13.9. The zero-order chi connectivity index (χ0) is 27.8. The molecule has 6 rings (SSSR count). The SMILES string of the molecule is C[C@@H](NC(=O)c1c(N)ncc2cccnc12)c1cc2ncc(C#Cc3cnn(C)c3)n2c(=O)n1-c1ccccc1. The van der Waals surface area contributed by atoms with Gasteiger partial charge in [0.15, 0.2) is 0 Å². The van der Waals surface area contributed by atoms with Crippen LogP contribution in [0, 0.1) is 11.8 Å². The zero-order valence-corrected chi connectivity index (χ0v) is 21.6. The molecule has 0 radical (unpaired) electrons. The number of carbonyl (C=O) groups is 1. The van der Waals surface area contributed by atoms with E-state index in [1.807, 2.05) is 36.4 Å². The van der Waals surface area contributed by atoms with Gasteiger partial charge in [-0.3, -0.25) is 19.0 Å². The van der Waals surface area contributed by atoms with Crippen molar-refractivity contribution >= 4 is 28.3 Å². The van der Waals surface area contributed by atoms with Crippen LogP contribution in [0.5, 0.6) is 0 Å². The van der Waals surface area contributed by atoms with Crippen molar-refractivity contribution in [1.82, 2.24) is 39.0 Å². The monoisotopic (exact) mass is 529 g/mol. The van der Waals surface area contributed by atoms with Gasteiger partial charge in [0, 0.05) is 37.1 Å². The highest BCUT2D eigenvalue weighted by molar-refractivity contribution is 6.09. The number of nitrogens with zero attached hydrogens (tertiary/aromatic N) is 7. The third-order valence-corrected chi connectivity index (χ3v) is 6.45. The first kappa shape index (κ1) is 24.6. The Labute approximate surface area is 227 Å². The molecule has 0 saturated carbocycles. The quantitative estimate of drug-likeness (QED) is 0.335. The van der Waals surface area contributed by atoms with Crippen LogP contribution >= 0.6 is 0 Å². The number of hydrogen-bond acceptors (Lipinski definition) is 7. The maximum atomic E-state index is 14.0. The Bertz CT molecular complexity index is 2030. The van der Waals surface area contributed by atoms with E-state index < -0.39 is 11.9 Å². The molecule has 3 N–H and O–H groups in total. The van der Waals surface area contributed by atoms with E-state index in [0.29, 0.717) is 39.2 Å². The van der Waals surface area contributed by atoms with Gasteiger partial charge >= 0.3 is 5.69 Å². The second kappa shape index (κ2) is 9.85. The van der Waals surface area contributed by atoms with Crippen LogP contribution in [0.4, 0.5) is 5.82 Å². The van der Waals surface area contributed by atoms with Crippen LogP contribution in [-0.4, -0.2) is 39.6 Å². The number of para-hydroxylation sites is 1. The number of pyridine rings is 2. The number of aryl methyl sites for hydroxylation is 1. The maximum absolute atomic E-state index is 14.0. The smallest absolute Gasteiger partial charge is 0.339 e. The van der Waals surface area contributed by atoms with E-state index in [1.165, 1.54) is 8.97 Å². The summed E-state index contributed by atoms with van der Waals surface area (Å²) in [7, 11) is 1.81. The van der Waals surface area contributed by atoms with E-state index in [0.717, 1.165) is 0 Å². The van der Waals surface area contributed by atoms with Gasteiger partial charge in [0.05, 0.1) is 40.9 Å². The number of nitrogens with two attached hydrogens (primary N) is 1. The fourth-order valence-corrected chi connectivity index (χ4v) is 4.56. The predicted molar refractivity (Wildman–Crippen MR) is 150 cm³/mol. The standard InChI is InChI=1S/C29H23N9O2/c1-18(35-28(39)25-26-20(7-6-12-31-26)15-33-27(25)30)23-13-24-32-16-22(11-10-19-14-34-36(2)17-19)38(24)29(40)37(23)21-8-4-3-5-9-21/h3-9,12-18H,1-2H3,(H2,30,33)(H,35,39)/t18-/m1/s1. The molecule has 6 aromatic rings. The highest BCUT2D eigenvalue weighted by atomic mass is 16.2. The van der Waals surface area contributed by atoms with Crippen molar-refractivity contribution in [2.75, 3.05) is 5.73 Å². The highest BCUT2D eigenvalue weighted by Crippen LogP contribution is 2.23. The van der Waals surface area contributed by atoms with Gasteiger partial charge in [0.25, 0.3) is 5.91 Å². The van der Waals surface area contributed by atoms with Crippen molar-refractivity contribution in [3.05, 3.63) is 113 Å². The Morgan fingerprint density at radius 3 is 2.62 bits per heavy atom. The fraction of sp³-hybridized carbons (Fsp3) is 0.103. The van der Waals surface area contributed by atoms with E-state index >= 15 is 0 Å². The van der Waals surface area contributed by atoms with Crippen LogP contribution in [0.1, 0.15) is 40.3 Å². The molecule has 0 fully saturated rings. The highest BCUT2D eigenvalue weighted by Gasteiger charge is 2.23. The molecule has 0 saturated heterocycles. The van der Waals surface area contributed by atoms with Crippen molar-refractivity contribution in [3.63, 3.8) is 0 Å². The second-order valence-electron chi connectivity index (χ2n) is 9.17. The van der Waals surface area contributed by atoms with Crippen molar-refractivity contribution in [2.24, 2.45) is 7.05 Å². The van der Waals surface area contributed by atoms with E-state index in [1.54, 1.807) is 61.8 Å². The summed E-state index contributed by atoms with van der Waals surface area (Å²) in [4.78, 5) is 40.4. The topological polar surface area (TPSA) is 138 Å². The van der Waals surface area contributed by atoms with Gasteiger partial charge in [-0.15, -0.1) is 0 Å². The molecule has 11 heteroatoms. The molecule has 11 nitrogen and oxygen atoms in total. The summed E-state index contributed by atoms with van der Waals surface area (Å²) >= 11 is 0. The summed E-state index contributed by atoms with van der Waals surface area (Å²) in [6.07, 6.45) is 8.15. The van der Waals surface area contributed by atoms with E-state index in [-0.39, 0.29) is 17.1 Å². The zero-order valence-electron chi connectivity index (χ0n) is 21.6. The number of imidazole rings is 1. The van der Waals surface area contributed by atoms with Crippen LogP contribution in [-0.2, 0) is 7.05 Å². The van der Waals surface area contributed by atoms with Crippen LogP contribution in [0.25, 0.3) is 22.2 Å². The molecule has 196 valence electrons. The summed E-state index contributed by atoms with van der Waals surface area (Å²) in [5.41, 5.74) is 9.03. The Morgan fingerprint density at radius 1 is 1.02 bits per heavy atom. The van der Waals surface area contributed by atoms with Gasteiger partial charge in [-0.2, -0.15) is 5.10 Å². The van der Waals surface area contributed by atoms with Gasteiger partial charge in [-0.25, -0.2) is 19.2 Å². The number of benzene rings is 1. The Balaban J connectivity index is 1.45. The van der Waals surface area contributed by atoms with Crippen LogP contribution in [0.2, 0.25) is 0 Å². The number of carbonyl (C=O) groups excluding carboxylic acids is 1. The number of hydrogen-bond donors (Lipinski definition) is 2. The lowest BCUT2D eigenvalue weighted by molar-refractivity contribution is 0.0940. The van der Waals surface area contributed by atoms with Crippen molar-refractivity contribution in [3.8, 4) is 17.5 Å². The normalized spacial score (nSPS) is 11.8. The number of rotatable bonds is 4. The minimum absolute atomic E-state index is 0.0666. The minimum atomic E-state index is -0.620. The first-order chi connectivity index (χ1) is 19.4. The average Bonchev–Trinajstić information content (AvgIpc) is 3.57. The predicted octanol–water partition coefficient (Wildman–Crippen LogP) is 2.63. The summed E-state index contributed by atoms with van der Waals surface area (Å²) < 4.78 is 4.64. The molecule has 40 heavy (non-hydrogen) atoms. The van der Waals surface area contributed by atoms with Gasteiger partial charge in [-0.05, 0) is 37.1 Å². The maximum Gasteiger partial charge on any atom is 0.339 e. The molecule has 0 aliphatic carbocycles. The van der Waals surface area contributed by atoms with Gasteiger partial charge in [-0.1, -0.05) is 24.1 Å². The second-order valence-corrected chi connectivity index (χ2v) is 9.17. The molecule has 1 amide bonds. The van der Waals surface area contributed by atoms with Crippen LogP contribution < -0.4 is 16.7 Å². The van der Waals surface area contributed by atoms with Crippen molar-refractivity contribution < 1.29 is 4.79 Å². The number of fused-ring (bicyclic) bond motifs is 2. The number of nitrogen functional groups attached to an aromatic ring is 1.